The van der Waals surface area contributed by atoms with Crippen molar-refractivity contribution in [1.82, 2.24) is 10.2 Å². The van der Waals surface area contributed by atoms with Crippen LogP contribution in [0.15, 0.2) is 0 Å². The van der Waals surface area contributed by atoms with Crippen LogP contribution in [-0.4, -0.2) is 65.2 Å². The largest absolute Gasteiger partial charge is 0.479 e. The van der Waals surface area contributed by atoms with Crippen LogP contribution < -0.4 is 5.32 Å². The van der Waals surface area contributed by atoms with Gasteiger partial charge in [-0.2, -0.15) is 0 Å². The summed E-state index contributed by atoms with van der Waals surface area (Å²) in [5.41, 5.74) is -1.48. The smallest absolute Gasteiger partial charge is 0.331 e. The number of amides is 2. The lowest BCUT2D eigenvalue weighted by molar-refractivity contribution is -0.149. The van der Waals surface area contributed by atoms with Crippen molar-refractivity contribution in [3.63, 3.8) is 0 Å². The van der Waals surface area contributed by atoms with E-state index in [1.54, 1.807) is 0 Å². The van der Waals surface area contributed by atoms with Crippen LogP contribution in [0.4, 0.5) is 0 Å². The topological polar surface area (TPSA) is 95.9 Å². The fourth-order valence-electron chi connectivity index (χ4n) is 1.50. The first-order chi connectivity index (χ1) is 8.39. The van der Waals surface area contributed by atoms with Crippen LogP contribution in [0.5, 0.6) is 0 Å². The van der Waals surface area contributed by atoms with Gasteiger partial charge >= 0.3 is 5.97 Å². The Balaban J connectivity index is 2.56. The van der Waals surface area contributed by atoms with Crippen molar-refractivity contribution in [3.05, 3.63) is 0 Å². The van der Waals surface area contributed by atoms with Gasteiger partial charge in [-0.3, -0.25) is 9.59 Å². The molecule has 2 N–H and O–H groups in total. The van der Waals surface area contributed by atoms with Crippen molar-refractivity contribution < 1.29 is 24.2 Å². The van der Waals surface area contributed by atoms with Gasteiger partial charge in [0, 0.05) is 7.11 Å². The van der Waals surface area contributed by atoms with E-state index in [-0.39, 0.29) is 19.1 Å². The average molecular weight is 276 g/mol. The zero-order chi connectivity index (χ0) is 13.8. The molecule has 1 atom stereocenters. The molecule has 1 aliphatic heterocycles. The Kier molecular flexibility index (Phi) is 4.97. The maximum absolute atomic E-state index is 11.7. The molecule has 0 aromatic rings. The van der Waals surface area contributed by atoms with Crippen molar-refractivity contribution in [2.24, 2.45) is 0 Å². The molecule has 1 fully saturated rings. The summed E-state index contributed by atoms with van der Waals surface area (Å²) in [4.78, 5) is 35.5. The molecule has 2 amide bonds. The van der Waals surface area contributed by atoms with E-state index in [1.165, 1.54) is 30.7 Å². The number of nitrogens with one attached hydrogen (secondary N) is 1. The van der Waals surface area contributed by atoms with E-state index < -0.39 is 17.4 Å². The minimum Gasteiger partial charge on any atom is -0.479 e. The summed E-state index contributed by atoms with van der Waals surface area (Å²) in [6.45, 7) is 1.09. The van der Waals surface area contributed by atoms with Crippen molar-refractivity contribution in [2.45, 2.75) is 12.5 Å². The summed E-state index contributed by atoms with van der Waals surface area (Å²) in [7, 11) is 1.36. The lowest BCUT2D eigenvalue weighted by Crippen LogP contribution is -2.57. The number of ether oxygens (including phenoxy) is 1. The molecular formula is C10H16N2O5S. The lowest BCUT2D eigenvalue weighted by atomic mass is 10.0. The number of aliphatic carboxylic acids is 1. The number of thioether (sulfide) groups is 1. The van der Waals surface area contributed by atoms with Gasteiger partial charge in [0.1, 0.15) is 6.54 Å². The van der Waals surface area contributed by atoms with Crippen molar-refractivity contribution in [1.29, 1.82) is 0 Å². The molecule has 0 aromatic carbocycles. The second-order valence-electron chi connectivity index (χ2n) is 4.19. The van der Waals surface area contributed by atoms with Gasteiger partial charge < -0.3 is 20.1 Å². The number of carbonyl (C=O) groups is 3. The highest BCUT2D eigenvalue weighted by Crippen LogP contribution is 2.14. The molecule has 0 aromatic heterocycles. The van der Waals surface area contributed by atoms with Crippen molar-refractivity contribution >= 4 is 29.5 Å². The molecule has 8 heteroatoms. The Morgan fingerprint density at radius 2 is 2.28 bits per heavy atom. The Labute approximate surface area is 109 Å². The van der Waals surface area contributed by atoms with E-state index in [2.05, 4.69) is 5.32 Å². The number of carboxylic acids is 1. The second kappa shape index (κ2) is 6.05. The summed E-state index contributed by atoms with van der Waals surface area (Å²) < 4.78 is 4.78. The number of carboxylic acid groups (broad SMARTS) is 1. The minimum absolute atomic E-state index is 0.112. The number of rotatable bonds is 6. The molecule has 0 saturated carbocycles. The predicted octanol–water partition coefficient (Wildman–Crippen LogP) is -0.875. The first-order valence-electron chi connectivity index (χ1n) is 5.28. The Hall–Kier alpha value is -1.28. The Morgan fingerprint density at radius 1 is 1.61 bits per heavy atom. The maximum Gasteiger partial charge on any atom is 0.331 e. The van der Waals surface area contributed by atoms with Crippen LogP contribution in [0, 0.1) is 0 Å². The molecule has 0 aliphatic carbocycles. The molecule has 0 spiro atoms. The SMILES string of the molecule is COCC(C)(NC(=O)CN1CSCC1=O)C(=O)O. The second-order valence-corrected chi connectivity index (χ2v) is 5.14. The molecule has 1 unspecified atom stereocenters. The van der Waals surface area contributed by atoms with Crippen LogP contribution in [0.2, 0.25) is 0 Å². The van der Waals surface area contributed by atoms with Gasteiger partial charge in [0.2, 0.25) is 11.8 Å². The van der Waals surface area contributed by atoms with Gasteiger partial charge in [-0.05, 0) is 6.92 Å². The Bertz CT molecular complexity index is 362. The number of nitrogens with zero attached hydrogens (tertiary/aromatic N) is 1. The monoisotopic (exact) mass is 276 g/mol. The third-order valence-electron chi connectivity index (χ3n) is 2.48. The molecule has 102 valence electrons. The summed E-state index contributed by atoms with van der Waals surface area (Å²) in [6.07, 6.45) is 0. The van der Waals surface area contributed by atoms with E-state index in [9.17, 15) is 14.4 Å². The third-order valence-corrected chi connectivity index (χ3v) is 3.43. The number of carbonyl (C=O) groups excluding carboxylic acids is 2. The van der Waals surface area contributed by atoms with Gasteiger partial charge in [-0.1, -0.05) is 0 Å². The zero-order valence-electron chi connectivity index (χ0n) is 10.3. The third kappa shape index (κ3) is 3.61. The van der Waals surface area contributed by atoms with Gasteiger partial charge in [-0.25, -0.2) is 4.79 Å². The van der Waals surface area contributed by atoms with Gasteiger partial charge in [0.25, 0.3) is 0 Å². The predicted molar refractivity (Wildman–Crippen MR) is 65.1 cm³/mol. The van der Waals surface area contributed by atoms with E-state index in [4.69, 9.17) is 9.84 Å². The molecular weight excluding hydrogens is 260 g/mol. The molecule has 1 aliphatic rings. The summed E-state index contributed by atoms with van der Waals surface area (Å²) in [5, 5.41) is 11.4. The molecule has 1 heterocycles. The average Bonchev–Trinajstić information content (AvgIpc) is 2.64. The Morgan fingerprint density at radius 3 is 2.72 bits per heavy atom. The first-order valence-corrected chi connectivity index (χ1v) is 6.43. The van der Waals surface area contributed by atoms with Crippen molar-refractivity contribution in [3.8, 4) is 0 Å². The normalized spacial score (nSPS) is 18.6. The summed E-state index contributed by atoms with van der Waals surface area (Å²) in [6, 6.07) is 0. The number of hydrogen-bond acceptors (Lipinski definition) is 5. The van der Waals surface area contributed by atoms with Crippen LogP contribution in [0.25, 0.3) is 0 Å². The van der Waals surface area contributed by atoms with Crippen LogP contribution in [0.3, 0.4) is 0 Å². The maximum atomic E-state index is 11.7. The van der Waals surface area contributed by atoms with Gasteiger partial charge in [0.05, 0.1) is 18.2 Å². The molecule has 1 saturated heterocycles. The quantitative estimate of drug-likeness (QED) is 0.654. The fraction of sp³-hybridized carbons (Fsp3) is 0.700. The highest BCUT2D eigenvalue weighted by molar-refractivity contribution is 8.00. The molecule has 18 heavy (non-hydrogen) atoms. The first kappa shape index (κ1) is 14.8. The summed E-state index contributed by atoms with van der Waals surface area (Å²) in [5.74, 6) is -0.978. The standard InChI is InChI=1S/C10H16N2O5S/c1-10(5-17-2,9(15)16)11-7(13)3-12-6-18-4-8(12)14/h3-6H2,1-2H3,(H,11,13)(H,15,16). The fourth-order valence-corrected chi connectivity index (χ4v) is 2.40. The van der Waals surface area contributed by atoms with E-state index in [1.807, 2.05) is 0 Å². The molecule has 1 rings (SSSR count). The number of methoxy groups -OCH3 is 1. The highest BCUT2D eigenvalue weighted by Gasteiger charge is 2.36. The zero-order valence-corrected chi connectivity index (χ0v) is 11.1. The van der Waals surface area contributed by atoms with Crippen LogP contribution in [-0.2, 0) is 19.1 Å². The highest BCUT2D eigenvalue weighted by atomic mass is 32.2. The van der Waals surface area contributed by atoms with E-state index in [0.29, 0.717) is 11.6 Å². The van der Waals surface area contributed by atoms with Crippen molar-refractivity contribution in [2.75, 3.05) is 31.9 Å². The van der Waals surface area contributed by atoms with Gasteiger partial charge in [0.15, 0.2) is 5.54 Å². The van der Waals surface area contributed by atoms with E-state index in [0.717, 1.165) is 0 Å². The molecule has 7 nitrogen and oxygen atoms in total. The lowest BCUT2D eigenvalue weighted by Gasteiger charge is -2.26. The minimum atomic E-state index is -1.48. The van der Waals surface area contributed by atoms with Crippen LogP contribution in [0.1, 0.15) is 6.92 Å². The number of hydrogen-bond donors (Lipinski definition) is 2. The van der Waals surface area contributed by atoms with Gasteiger partial charge in [-0.15, -0.1) is 11.8 Å². The summed E-state index contributed by atoms with van der Waals surface area (Å²) >= 11 is 1.42. The molecule has 0 radical (unpaired) electrons. The van der Waals surface area contributed by atoms with Crippen LogP contribution >= 0.6 is 11.8 Å². The van der Waals surface area contributed by atoms with E-state index >= 15 is 0 Å². The molecule has 0 bridgehead atoms.